The van der Waals surface area contributed by atoms with E-state index in [-0.39, 0.29) is 0 Å². The topological polar surface area (TPSA) is 9.86 Å². The van der Waals surface area contributed by atoms with Gasteiger partial charge in [-0.15, -0.1) is 0 Å². The molecule has 0 radical (unpaired) electrons. The minimum absolute atomic E-state index is 1.14. The van der Waals surface area contributed by atoms with Crippen molar-refractivity contribution in [2.45, 2.75) is 6.92 Å². The van der Waals surface area contributed by atoms with Gasteiger partial charge in [-0.3, -0.25) is 0 Å². The van der Waals surface area contributed by atoms with Gasteiger partial charge in [-0.25, -0.2) is 0 Å². The van der Waals surface area contributed by atoms with Crippen molar-refractivity contribution >= 4 is 65.2 Å². The predicted octanol–water partition coefficient (Wildman–Crippen LogP) is 15.5. The zero-order valence-corrected chi connectivity index (χ0v) is 32.6. The van der Waals surface area contributed by atoms with E-state index in [1.165, 1.54) is 110 Å². The maximum absolute atomic E-state index is 2.42. The van der Waals surface area contributed by atoms with Crippen molar-refractivity contribution < 1.29 is 0 Å². The largest absolute Gasteiger partial charge is 0.309 e. The standard InChI is InChI=1S/C57H38N2/c1-37-33-41(35-43(34-37)59-52-24-12-9-17-44(52)45-18-10-13-25-53(45)59)40-29-32-55-51(36-40)46-19-11-14-26-54(46)58(55)42-30-27-39(28-31-42)57-49-22-7-5-20-47(49)56(38-15-3-2-4-16-38)48-21-6-8-23-50(48)57/h2-36H,1H3. The van der Waals surface area contributed by atoms with E-state index in [4.69, 9.17) is 0 Å². The highest BCUT2D eigenvalue weighted by Gasteiger charge is 2.19. The molecule has 0 spiro atoms. The molecule has 2 heteroatoms. The number of aromatic nitrogens is 2. The fourth-order valence-corrected chi connectivity index (χ4v) is 9.82. The molecule has 59 heavy (non-hydrogen) atoms. The third-order valence-corrected chi connectivity index (χ3v) is 12.3. The third-order valence-electron chi connectivity index (χ3n) is 12.3. The molecule has 0 unspecified atom stereocenters. The summed E-state index contributed by atoms with van der Waals surface area (Å²) in [7, 11) is 0. The zero-order valence-electron chi connectivity index (χ0n) is 32.6. The van der Waals surface area contributed by atoms with Crippen LogP contribution in [0.4, 0.5) is 0 Å². The van der Waals surface area contributed by atoms with Crippen molar-refractivity contribution in [2.24, 2.45) is 0 Å². The van der Waals surface area contributed by atoms with Gasteiger partial charge in [0.15, 0.2) is 0 Å². The van der Waals surface area contributed by atoms with Crippen LogP contribution >= 0.6 is 0 Å². The van der Waals surface area contributed by atoms with Crippen LogP contribution in [0.5, 0.6) is 0 Å². The van der Waals surface area contributed by atoms with E-state index < -0.39 is 0 Å². The Labute approximate surface area is 342 Å². The first-order valence-electron chi connectivity index (χ1n) is 20.4. The number of hydrogen-bond donors (Lipinski definition) is 0. The summed E-state index contributed by atoms with van der Waals surface area (Å²) in [6, 6.07) is 78.0. The first-order chi connectivity index (χ1) is 29.2. The van der Waals surface area contributed by atoms with E-state index in [0.29, 0.717) is 0 Å². The first-order valence-corrected chi connectivity index (χ1v) is 20.4. The number of aryl methyl sites for hydroxylation is 1. The summed E-state index contributed by atoms with van der Waals surface area (Å²) in [5.74, 6) is 0. The minimum atomic E-state index is 1.14. The van der Waals surface area contributed by atoms with Crippen LogP contribution in [0, 0.1) is 6.92 Å². The van der Waals surface area contributed by atoms with Crippen molar-refractivity contribution in [3.63, 3.8) is 0 Å². The Bertz CT molecular complexity index is 3490. The molecule has 0 saturated carbocycles. The molecular weight excluding hydrogens is 713 g/mol. The van der Waals surface area contributed by atoms with E-state index in [9.17, 15) is 0 Å². The smallest absolute Gasteiger partial charge is 0.0541 e. The highest BCUT2D eigenvalue weighted by molar-refractivity contribution is 6.21. The van der Waals surface area contributed by atoms with E-state index >= 15 is 0 Å². The first kappa shape index (κ1) is 33.5. The number of nitrogens with zero attached hydrogens (tertiary/aromatic N) is 2. The summed E-state index contributed by atoms with van der Waals surface area (Å²) in [6.07, 6.45) is 0. The molecule has 2 aromatic heterocycles. The SMILES string of the molecule is Cc1cc(-c2ccc3c(c2)c2ccccc2n3-c2ccc(-c3c4ccccc4c(-c4ccccc4)c4ccccc34)cc2)cc(-n2c3ccccc3c3ccccc32)c1. The number of fused-ring (bicyclic) bond motifs is 8. The molecule has 0 atom stereocenters. The summed E-state index contributed by atoms with van der Waals surface area (Å²) in [4.78, 5) is 0. The number of rotatable bonds is 5. The van der Waals surface area contributed by atoms with Gasteiger partial charge in [-0.1, -0.05) is 158 Å². The Kier molecular flexibility index (Phi) is 7.48. The fourth-order valence-electron chi connectivity index (χ4n) is 9.82. The molecule has 276 valence electrons. The van der Waals surface area contributed by atoms with E-state index in [1.54, 1.807) is 0 Å². The quantitative estimate of drug-likeness (QED) is 0.155. The van der Waals surface area contributed by atoms with Crippen LogP contribution in [0.1, 0.15) is 5.56 Å². The van der Waals surface area contributed by atoms with Gasteiger partial charge in [0.1, 0.15) is 0 Å². The van der Waals surface area contributed by atoms with Gasteiger partial charge in [0.2, 0.25) is 0 Å². The van der Waals surface area contributed by atoms with Crippen LogP contribution in [0.15, 0.2) is 212 Å². The molecule has 2 nitrogen and oxygen atoms in total. The summed E-state index contributed by atoms with van der Waals surface area (Å²) < 4.78 is 4.84. The average Bonchev–Trinajstić information content (AvgIpc) is 3.81. The zero-order chi connectivity index (χ0) is 39.0. The van der Waals surface area contributed by atoms with Crippen molar-refractivity contribution in [3.05, 3.63) is 218 Å². The Morgan fingerprint density at radius 3 is 1.20 bits per heavy atom. The van der Waals surface area contributed by atoms with Crippen LogP contribution in [0.25, 0.3) is 110 Å². The lowest BCUT2D eigenvalue weighted by Gasteiger charge is -2.18. The average molecular weight is 751 g/mol. The lowest BCUT2D eigenvalue weighted by atomic mass is 9.86. The second-order valence-electron chi connectivity index (χ2n) is 15.8. The van der Waals surface area contributed by atoms with E-state index in [2.05, 4.69) is 228 Å². The molecule has 0 amide bonds. The van der Waals surface area contributed by atoms with Crippen molar-refractivity contribution in [2.75, 3.05) is 0 Å². The van der Waals surface area contributed by atoms with Crippen LogP contribution in [0.2, 0.25) is 0 Å². The molecule has 0 aliphatic heterocycles. The molecule has 0 saturated heterocycles. The highest BCUT2D eigenvalue weighted by atomic mass is 15.0. The highest BCUT2D eigenvalue weighted by Crippen LogP contribution is 2.44. The molecule has 12 aromatic rings. The number of para-hydroxylation sites is 3. The van der Waals surface area contributed by atoms with Gasteiger partial charge in [0, 0.05) is 32.9 Å². The number of hydrogen-bond acceptors (Lipinski definition) is 0. The van der Waals surface area contributed by atoms with Gasteiger partial charge in [0.25, 0.3) is 0 Å². The maximum atomic E-state index is 2.42. The predicted molar refractivity (Wildman–Crippen MR) is 251 cm³/mol. The molecule has 12 rings (SSSR count). The molecule has 2 heterocycles. The second kappa shape index (κ2) is 13.2. The van der Waals surface area contributed by atoms with Crippen LogP contribution in [-0.4, -0.2) is 9.13 Å². The molecule has 0 bridgehead atoms. The van der Waals surface area contributed by atoms with Gasteiger partial charge >= 0.3 is 0 Å². The summed E-state index contributed by atoms with van der Waals surface area (Å²) in [5, 5.41) is 10.1. The molecule has 0 aliphatic carbocycles. The van der Waals surface area contributed by atoms with E-state index in [1.807, 2.05) is 0 Å². The van der Waals surface area contributed by atoms with Crippen molar-refractivity contribution in [1.82, 2.24) is 9.13 Å². The molecule has 0 aliphatic rings. The lowest BCUT2D eigenvalue weighted by Crippen LogP contribution is -1.96. The van der Waals surface area contributed by atoms with E-state index in [0.717, 1.165) is 5.69 Å². The van der Waals surface area contributed by atoms with Crippen molar-refractivity contribution in [3.8, 4) is 44.8 Å². The molecular formula is C57H38N2. The summed E-state index contributed by atoms with van der Waals surface area (Å²) in [5.41, 5.74) is 15.8. The minimum Gasteiger partial charge on any atom is -0.309 e. The Balaban J connectivity index is 0.993. The van der Waals surface area contributed by atoms with Gasteiger partial charge < -0.3 is 9.13 Å². The van der Waals surface area contributed by atoms with Crippen LogP contribution in [-0.2, 0) is 0 Å². The van der Waals surface area contributed by atoms with Gasteiger partial charge in [-0.05, 0) is 122 Å². The van der Waals surface area contributed by atoms with Gasteiger partial charge in [-0.2, -0.15) is 0 Å². The monoisotopic (exact) mass is 750 g/mol. The summed E-state index contributed by atoms with van der Waals surface area (Å²) >= 11 is 0. The Morgan fingerprint density at radius 2 is 0.661 bits per heavy atom. The van der Waals surface area contributed by atoms with Crippen LogP contribution < -0.4 is 0 Å². The third kappa shape index (κ3) is 5.20. The number of benzene rings is 10. The molecule has 0 fully saturated rings. The molecule has 10 aromatic carbocycles. The van der Waals surface area contributed by atoms with Gasteiger partial charge in [0.05, 0.1) is 22.1 Å². The summed E-state index contributed by atoms with van der Waals surface area (Å²) in [6.45, 7) is 2.21. The fraction of sp³-hybridized carbons (Fsp3) is 0.0175. The lowest BCUT2D eigenvalue weighted by molar-refractivity contribution is 1.17. The Morgan fingerprint density at radius 1 is 0.254 bits per heavy atom. The van der Waals surface area contributed by atoms with Crippen molar-refractivity contribution in [1.29, 1.82) is 0 Å². The normalized spacial score (nSPS) is 11.8. The molecule has 0 N–H and O–H groups in total. The maximum Gasteiger partial charge on any atom is 0.0541 e. The second-order valence-corrected chi connectivity index (χ2v) is 15.8. The Hall–Kier alpha value is -7.68. The van der Waals surface area contributed by atoms with Crippen LogP contribution in [0.3, 0.4) is 0 Å².